The fourth-order valence-electron chi connectivity index (χ4n) is 2.91. The molecule has 3 rings (SSSR count). The molecular formula is C16H22Cl2N4OS. The highest BCUT2D eigenvalue weighted by atomic mass is 35.5. The molecule has 0 saturated carbocycles. The number of nitriles is 1. The summed E-state index contributed by atoms with van der Waals surface area (Å²) in [6, 6.07) is 9.73. The molecule has 0 aromatic heterocycles. The van der Waals surface area contributed by atoms with Gasteiger partial charge < -0.3 is 15.5 Å². The number of halogens is 2. The maximum atomic E-state index is 12.5. The highest BCUT2D eigenvalue weighted by molar-refractivity contribution is 7.99. The van der Waals surface area contributed by atoms with Crippen molar-refractivity contribution >= 4 is 48.2 Å². The van der Waals surface area contributed by atoms with Crippen LogP contribution in [0.25, 0.3) is 0 Å². The zero-order valence-corrected chi connectivity index (χ0v) is 15.7. The molecule has 2 heterocycles. The van der Waals surface area contributed by atoms with Crippen molar-refractivity contribution in [3.63, 3.8) is 0 Å². The molecule has 0 aliphatic carbocycles. The van der Waals surface area contributed by atoms with Gasteiger partial charge in [0.05, 0.1) is 17.7 Å². The van der Waals surface area contributed by atoms with E-state index in [0.29, 0.717) is 5.56 Å². The minimum Gasteiger partial charge on any atom is -0.381 e. The molecule has 1 aromatic rings. The summed E-state index contributed by atoms with van der Waals surface area (Å²) in [5, 5.41) is 15.6. The van der Waals surface area contributed by atoms with E-state index < -0.39 is 0 Å². The van der Waals surface area contributed by atoms with Gasteiger partial charge in [-0.1, -0.05) is 0 Å². The van der Waals surface area contributed by atoms with Gasteiger partial charge >= 0.3 is 0 Å². The van der Waals surface area contributed by atoms with Gasteiger partial charge in [0.1, 0.15) is 0 Å². The van der Waals surface area contributed by atoms with Crippen molar-refractivity contribution in [1.82, 2.24) is 10.2 Å². The number of carbonyl (C=O) groups is 1. The van der Waals surface area contributed by atoms with E-state index in [1.165, 1.54) is 0 Å². The quantitative estimate of drug-likeness (QED) is 0.829. The van der Waals surface area contributed by atoms with Crippen LogP contribution in [-0.4, -0.2) is 54.0 Å². The molecule has 2 atom stereocenters. The molecule has 8 heteroatoms. The third kappa shape index (κ3) is 5.18. The third-order valence-electron chi connectivity index (χ3n) is 4.14. The van der Waals surface area contributed by atoms with Crippen LogP contribution < -0.4 is 10.6 Å². The van der Waals surface area contributed by atoms with Crippen molar-refractivity contribution in [2.24, 2.45) is 0 Å². The van der Waals surface area contributed by atoms with E-state index in [-0.39, 0.29) is 42.8 Å². The molecular weight excluding hydrogens is 367 g/mol. The van der Waals surface area contributed by atoms with E-state index >= 15 is 0 Å². The second kappa shape index (κ2) is 10.00. The van der Waals surface area contributed by atoms with E-state index in [0.717, 1.165) is 43.2 Å². The van der Waals surface area contributed by atoms with Crippen LogP contribution in [0.3, 0.4) is 0 Å². The Hall–Kier alpha value is -1.13. The van der Waals surface area contributed by atoms with Crippen molar-refractivity contribution in [1.29, 1.82) is 5.26 Å². The van der Waals surface area contributed by atoms with Crippen LogP contribution in [0.4, 0.5) is 5.69 Å². The lowest BCUT2D eigenvalue weighted by Gasteiger charge is -2.28. The lowest BCUT2D eigenvalue weighted by Crippen LogP contribution is -2.46. The molecule has 5 nitrogen and oxygen atoms in total. The molecule has 2 aliphatic heterocycles. The van der Waals surface area contributed by atoms with E-state index in [1.54, 1.807) is 12.1 Å². The Bertz CT molecular complexity index is 572. The predicted molar refractivity (Wildman–Crippen MR) is 103 cm³/mol. The van der Waals surface area contributed by atoms with Crippen molar-refractivity contribution in [2.75, 3.05) is 36.5 Å². The number of hydrogen-bond acceptors (Lipinski definition) is 5. The number of nitrogens with one attached hydrogen (secondary N) is 2. The van der Waals surface area contributed by atoms with Crippen LogP contribution >= 0.6 is 36.6 Å². The van der Waals surface area contributed by atoms with Gasteiger partial charge in [-0.15, -0.1) is 24.8 Å². The molecule has 2 N–H and O–H groups in total. The zero-order chi connectivity index (χ0) is 15.4. The van der Waals surface area contributed by atoms with Gasteiger partial charge in [0.15, 0.2) is 0 Å². The summed E-state index contributed by atoms with van der Waals surface area (Å²) in [4.78, 5) is 14.5. The largest absolute Gasteiger partial charge is 0.381 e. The molecule has 0 unspecified atom stereocenters. The standard InChI is InChI=1S/C16H20N4OS.2ClH/c17-10-12-1-3-13(4-2-12)19-14-9-15(18-11-14)16(21)20-5-7-22-8-6-20;;/h1-4,14-15,18-19H,5-9,11H2;2*1H/t14-,15-;;/m0../s1. The smallest absolute Gasteiger partial charge is 0.239 e. The monoisotopic (exact) mass is 388 g/mol. The van der Waals surface area contributed by atoms with Gasteiger partial charge in [-0.2, -0.15) is 17.0 Å². The van der Waals surface area contributed by atoms with E-state index in [2.05, 4.69) is 16.7 Å². The van der Waals surface area contributed by atoms with Gasteiger partial charge in [0, 0.05) is 42.9 Å². The Labute approximate surface area is 159 Å². The van der Waals surface area contributed by atoms with E-state index in [9.17, 15) is 4.79 Å². The van der Waals surface area contributed by atoms with Gasteiger partial charge in [-0.25, -0.2) is 0 Å². The molecule has 0 bridgehead atoms. The Kier molecular flexibility index (Phi) is 8.71. The van der Waals surface area contributed by atoms with Crippen LogP contribution in [0, 0.1) is 11.3 Å². The average Bonchev–Trinajstić information content (AvgIpc) is 3.04. The Morgan fingerprint density at radius 2 is 1.92 bits per heavy atom. The normalized spacial score (nSPS) is 22.7. The first-order valence-electron chi connectivity index (χ1n) is 7.63. The van der Waals surface area contributed by atoms with Crippen LogP contribution in [0.1, 0.15) is 12.0 Å². The predicted octanol–water partition coefficient (Wildman–Crippen LogP) is 2.12. The summed E-state index contributed by atoms with van der Waals surface area (Å²) in [5.74, 6) is 2.33. The van der Waals surface area contributed by atoms with Crippen LogP contribution in [-0.2, 0) is 4.79 Å². The minimum absolute atomic E-state index is 0. The number of rotatable bonds is 3. The van der Waals surface area contributed by atoms with Crippen LogP contribution in [0.15, 0.2) is 24.3 Å². The molecule has 2 saturated heterocycles. The number of hydrogen-bond donors (Lipinski definition) is 2. The molecule has 24 heavy (non-hydrogen) atoms. The first-order chi connectivity index (χ1) is 10.8. The average molecular weight is 389 g/mol. The van der Waals surface area contributed by atoms with Crippen molar-refractivity contribution in [3.8, 4) is 6.07 Å². The summed E-state index contributed by atoms with van der Waals surface area (Å²) >= 11 is 1.91. The van der Waals surface area contributed by atoms with Crippen molar-refractivity contribution in [2.45, 2.75) is 18.5 Å². The molecule has 2 aliphatic rings. The molecule has 132 valence electrons. The number of carbonyl (C=O) groups excluding carboxylic acids is 1. The maximum absolute atomic E-state index is 12.5. The zero-order valence-electron chi connectivity index (χ0n) is 13.2. The van der Waals surface area contributed by atoms with Gasteiger partial charge in [0.25, 0.3) is 0 Å². The van der Waals surface area contributed by atoms with Crippen molar-refractivity contribution < 1.29 is 4.79 Å². The summed E-state index contributed by atoms with van der Waals surface area (Å²) < 4.78 is 0. The Morgan fingerprint density at radius 3 is 2.54 bits per heavy atom. The fourth-order valence-corrected chi connectivity index (χ4v) is 3.82. The molecule has 1 aromatic carbocycles. The highest BCUT2D eigenvalue weighted by Gasteiger charge is 2.32. The van der Waals surface area contributed by atoms with Crippen LogP contribution in [0.5, 0.6) is 0 Å². The Balaban J connectivity index is 0.00000144. The highest BCUT2D eigenvalue weighted by Crippen LogP contribution is 2.18. The first kappa shape index (κ1) is 20.9. The van der Waals surface area contributed by atoms with Crippen LogP contribution in [0.2, 0.25) is 0 Å². The van der Waals surface area contributed by atoms with Gasteiger partial charge in [0.2, 0.25) is 5.91 Å². The number of nitrogens with zero attached hydrogens (tertiary/aromatic N) is 2. The topological polar surface area (TPSA) is 68.2 Å². The van der Waals surface area contributed by atoms with Gasteiger partial charge in [-0.3, -0.25) is 4.79 Å². The molecule has 0 spiro atoms. The summed E-state index contributed by atoms with van der Waals surface area (Å²) in [7, 11) is 0. The fraction of sp³-hybridized carbons (Fsp3) is 0.500. The number of anilines is 1. The summed E-state index contributed by atoms with van der Waals surface area (Å²) in [6.45, 7) is 2.53. The molecule has 1 amide bonds. The number of thioether (sulfide) groups is 1. The minimum atomic E-state index is -0.0704. The summed E-state index contributed by atoms with van der Waals surface area (Å²) in [5.41, 5.74) is 1.65. The maximum Gasteiger partial charge on any atom is 0.239 e. The second-order valence-corrected chi connectivity index (χ2v) is 6.89. The number of amides is 1. The number of benzene rings is 1. The second-order valence-electron chi connectivity index (χ2n) is 5.66. The lowest BCUT2D eigenvalue weighted by atomic mass is 10.1. The summed E-state index contributed by atoms with van der Waals surface area (Å²) in [6.07, 6.45) is 0.808. The Morgan fingerprint density at radius 1 is 1.25 bits per heavy atom. The van der Waals surface area contributed by atoms with Crippen molar-refractivity contribution in [3.05, 3.63) is 29.8 Å². The van der Waals surface area contributed by atoms with Gasteiger partial charge in [-0.05, 0) is 30.7 Å². The molecule has 2 fully saturated rings. The SMILES string of the molecule is Cl.Cl.N#Cc1ccc(N[C@@H]2CN[C@H](C(=O)N3CCSCC3)C2)cc1. The molecule has 0 radical (unpaired) electrons. The van der Waals surface area contributed by atoms with E-state index in [4.69, 9.17) is 5.26 Å². The van der Waals surface area contributed by atoms with E-state index in [1.807, 2.05) is 28.8 Å². The lowest BCUT2D eigenvalue weighted by molar-refractivity contribution is -0.132. The first-order valence-corrected chi connectivity index (χ1v) is 8.78. The third-order valence-corrected chi connectivity index (χ3v) is 5.08.